The lowest BCUT2D eigenvalue weighted by atomic mass is 9.99. The Labute approximate surface area is 124 Å². The molecule has 0 amide bonds. The van der Waals surface area contributed by atoms with Crippen molar-refractivity contribution in [2.75, 3.05) is 33.2 Å². The third-order valence-corrected chi connectivity index (χ3v) is 3.31. The normalized spacial score (nSPS) is 10.1. The van der Waals surface area contributed by atoms with Crippen LogP contribution in [0.25, 0.3) is 11.1 Å². The van der Waals surface area contributed by atoms with E-state index in [2.05, 4.69) is 0 Å². The van der Waals surface area contributed by atoms with E-state index in [-0.39, 0.29) is 0 Å². The van der Waals surface area contributed by atoms with Crippen molar-refractivity contribution in [1.82, 2.24) is 0 Å². The summed E-state index contributed by atoms with van der Waals surface area (Å²) in [5.41, 5.74) is 3.42. The molecule has 0 aromatic heterocycles. The molecule has 0 heterocycles. The van der Waals surface area contributed by atoms with Crippen LogP contribution in [0.1, 0.15) is 10.4 Å². The molecule has 2 aromatic carbocycles. The summed E-state index contributed by atoms with van der Waals surface area (Å²) in [7, 11) is 7.12. The Balaban J connectivity index is 2.76. The van der Waals surface area contributed by atoms with E-state index in [1.54, 1.807) is 20.3 Å². The smallest absolute Gasteiger partial charge is 0.168 e. The van der Waals surface area contributed by atoms with Gasteiger partial charge in [0, 0.05) is 36.5 Å². The summed E-state index contributed by atoms with van der Waals surface area (Å²) in [6, 6.07) is 11.5. The van der Waals surface area contributed by atoms with Crippen molar-refractivity contribution < 1.29 is 14.3 Å². The first-order valence-corrected chi connectivity index (χ1v) is 6.60. The number of ether oxygens (including phenoxy) is 2. The van der Waals surface area contributed by atoms with Gasteiger partial charge < -0.3 is 14.4 Å². The zero-order valence-corrected chi connectivity index (χ0v) is 12.7. The fourth-order valence-corrected chi connectivity index (χ4v) is 2.35. The average Bonchev–Trinajstić information content (AvgIpc) is 2.53. The van der Waals surface area contributed by atoms with Crippen LogP contribution in [-0.2, 0) is 0 Å². The number of benzene rings is 2. The van der Waals surface area contributed by atoms with E-state index >= 15 is 0 Å². The zero-order chi connectivity index (χ0) is 15.4. The first kappa shape index (κ1) is 14.9. The number of carbonyl (C=O) groups is 1. The predicted octanol–water partition coefficient (Wildman–Crippen LogP) is 3.25. The molecule has 0 aliphatic rings. The van der Waals surface area contributed by atoms with Crippen molar-refractivity contribution in [2.45, 2.75) is 0 Å². The Bertz CT molecular complexity index is 650. The minimum absolute atomic E-state index is 0.547. The van der Waals surface area contributed by atoms with Crippen LogP contribution in [-0.4, -0.2) is 34.6 Å². The van der Waals surface area contributed by atoms with Crippen LogP contribution >= 0.6 is 0 Å². The highest BCUT2D eigenvalue weighted by atomic mass is 16.5. The first-order valence-electron chi connectivity index (χ1n) is 6.60. The molecule has 2 rings (SSSR count). The Kier molecular flexibility index (Phi) is 4.48. The van der Waals surface area contributed by atoms with Gasteiger partial charge in [0.05, 0.1) is 14.2 Å². The van der Waals surface area contributed by atoms with Crippen molar-refractivity contribution in [3.05, 3.63) is 42.0 Å². The van der Waals surface area contributed by atoms with Gasteiger partial charge in [0.1, 0.15) is 6.29 Å². The summed E-state index contributed by atoms with van der Waals surface area (Å²) in [6.45, 7) is 0. The van der Waals surface area contributed by atoms with Gasteiger partial charge in [-0.15, -0.1) is 0 Å². The largest absolute Gasteiger partial charge is 0.493 e. The molecule has 0 aliphatic carbocycles. The molecular formula is C17H19NO3. The monoisotopic (exact) mass is 285 g/mol. The van der Waals surface area contributed by atoms with Crippen molar-refractivity contribution in [1.29, 1.82) is 0 Å². The number of hydrogen-bond donors (Lipinski definition) is 0. The molecule has 0 bridgehead atoms. The molecule has 0 saturated heterocycles. The van der Waals surface area contributed by atoms with Crippen molar-refractivity contribution >= 4 is 12.0 Å². The summed E-state index contributed by atoms with van der Waals surface area (Å²) in [5, 5.41) is 0. The molecule has 0 unspecified atom stereocenters. The van der Waals surface area contributed by atoms with Crippen LogP contribution in [0.15, 0.2) is 36.4 Å². The molecule has 110 valence electrons. The van der Waals surface area contributed by atoms with Crippen LogP contribution < -0.4 is 14.4 Å². The zero-order valence-electron chi connectivity index (χ0n) is 12.7. The number of rotatable bonds is 5. The third-order valence-electron chi connectivity index (χ3n) is 3.31. The lowest BCUT2D eigenvalue weighted by Gasteiger charge is -2.20. The maximum absolute atomic E-state index is 11.2. The van der Waals surface area contributed by atoms with Crippen LogP contribution in [0.2, 0.25) is 0 Å². The minimum Gasteiger partial charge on any atom is -0.493 e. The Morgan fingerprint density at radius 3 is 2.29 bits per heavy atom. The fraction of sp³-hybridized carbons (Fsp3) is 0.235. The molecule has 0 radical (unpaired) electrons. The maximum atomic E-state index is 11.2. The van der Waals surface area contributed by atoms with Crippen LogP contribution in [0, 0.1) is 0 Å². The molecule has 0 spiro atoms. The Morgan fingerprint density at radius 1 is 1.00 bits per heavy atom. The van der Waals surface area contributed by atoms with Gasteiger partial charge in [-0.25, -0.2) is 0 Å². The van der Waals surface area contributed by atoms with Gasteiger partial charge in [0.2, 0.25) is 0 Å². The SMILES string of the molecule is COc1cc(C=O)cc(-c2ccccc2N(C)C)c1OC. The lowest BCUT2D eigenvalue weighted by Crippen LogP contribution is -2.10. The fourth-order valence-electron chi connectivity index (χ4n) is 2.35. The molecule has 2 aromatic rings. The maximum Gasteiger partial charge on any atom is 0.168 e. The first-order chi connectivity index (χ1) is 10.1. The molecule has 4 nitrogen and oxygen atoms in total. The number of nitrogens with zero attached hydrogens (tertiary/aromatic N) is 1. The molecule has 0 atom stereocenters. The van der Waals surface area contributed by atoms with Gasteiger partial charge in [-0.05, 0) is 18.2 Å². The lowest BCUT2D eigenvalue weighted by molar-refractivity contribution is 0.112. The molecule has 0 N–H and O–H groups in total. The molecule has 0 saturated carbocycles. The van der Waals surface area contributed by atoms with Gasteiger partial charge >= 0.3 is 0 Å². The Morgan fingerprint density at radius 2 is 1.71 bits per heavy atom. The summed E-state index contributed by atoms with van der Waals surface area (Å²) < 4.78 is 10.8. The predicted molar refractivity (Wildman–Crippen MR) is 84.7 cm³/mol. The van der Waals surface area contributed by atoms with Gasteiger partial charge in [-0.2, -0.15) is 0 Å². The second kappa shape index (κ2) is 6.31. The standard InChI is InChI=1S/C17H19NO3/c1-18(2)15-8-6-5-7-13(15)14-9-12(11-19)10-16(20-3)17(14)21-4/h5-11H,1-4H3. The van der Waals surface area contributed by atoms with Crippen molar-refractivity contribution in [3.8, 4) is 22.6 Å². The highest BCUT2D eigenvalue weighted by Crippen LogP contribution is 2.42. The number of hydrogen-bond acceptors (Lipinski definition) is 4. The van der Waals surface area contributed by atoms with E-state index in [0.717, 1.165) is 23.1 Å². The average molecular weight is 285 g/mol. The van der Waals surface area contributed by atoms with Gasteiger partial charge in [-0.3, -0.25) is 4.79 Å². The second-order valence-electron chi connectivity index (χ2n) is 4.83. The van der Waals surface area contributed by atoms with Crippen molar-refractivity contribution in [3.63, 3.8) is 0 Å². The number of anilines is 1. The quantitative estimate of drug-likeness (QED) is 0.790. The van der Waals surface area contributed by atoms with Gasteiger partial charge in [0.15, 0.2) is 11.5 Å². The molecule has 21 heavy (non-hydrogen) atoms. The number of para-hydroxylation sites is 1. The van der Waals surface area contributed by atoms with Crippen LogP contribution in [0.5, 0.6) is 11.5 Å². The second-order valence-corrected chi connectivity index (χ2v) is 4.83. The topological polar surface area (TPSA) is 38.8 Å². The number of carbonyl (C=O) groups excluding carboxylic acids is 1. The summed E-state index contributed by atoms with van der Waals surface area (Å²) >= 11 is 0. The van der Waals surface area contributed by atoms with Crippen molar-refractivity contribution in [2.24, 2.45) is 0 Å². The van der Waals surface area contributed by atoms with E-state index in [4.69, 9.17) is 9.47 Å². The molecule has 0 fully saturated rings. The highest BCUT2D eigenvalue weighted by Gasteiger charge is 2.17. The minimum atomic E-state index is 0.547. The molecular weight excluding hydrogens is 266 g/mol. The van der Waals surface area contributed by atoms with E-state index in [1.807, 2.05) is 49.3 Å². The van der Waals surface area contributed by atoms with E-state index in [1.165, 1.54) is 0 Å². The summed E-state index contributed by atoms with van der Waals surface area (Å²) in [4.78, 5) is 13.2. The number of methoxy groups -OCH3 is 2. The third kappa shape index (κ3) is 2.84. The highest BCUT2D eigenvalue weighted by molar-refractivity contribution is 5.88. The van der Waals surface area contributed by atoms with Crippen LogP contribution in [0.3, 0.4) is 0 Å². The van der Waals surface area contributed by atoms with E-state index < -0.39 is 0 Å². The molecule has 4 heteroatoms. The summed E-state index contributed by atoms with van der Waals surface area (Å²) in [6.07, 6.45) is 0.809. The van der Waals surface area contributed by atoms with Gasteiger partial charge in [0.25, 0.3) is 0 Å². The summed E-state index contributed by atoms with van der Waals surface area (Å²) in [5.74, 6) is 1.17. The Hall–Kier alpha value is -2.49. The van der Waals surface area contributed by atoms with Crippen LogP contribution in [0.4, 0.5) is 5.69 Å². The molecule has 0 aliphatic heterocycles. The van der Waals surface area contributed by atoms with E-state index in [9.17, 15) is 4.79 Å². The van der Waals surface area contributed by atoms with Gasteiger partial charge in [-0.1, -0.05) is 18.2 Å². The van der Waals surface area contributed by atoms with E-state index in [0.29, 0.717) is 17.1 Å². The number of aldehydes is 1.